The lowest BCUT2D eigenvalue weighted by Crippen LogP contribution is -2.52. The molecule has 2 aromatic rings. The SMILES string of the molecule is C[C@@H]1C[C@H]1C(=O)N1CCN(C(=O)C(c2ccccc2)c2ccccc2)CC1. The molecular weight excluding hydrogens is 336 g/mol. The predicted molar refractivity (Wildman–Crippen MR) is 105 cm³/mol. The molecule has 4 nitrogen and oxygen atoms in total. The van der Waals surface area contributed by atoms with Crippen molar-refractivity contribution in [3.05, 3.63) is 71.8 Å². The highest BCUT2D eigenvalue weighted by Gasteiger charge is 2.42. The van der Waals surface area contributed by atoms with E-state index in [0.29, 0.717) is 32.1 Å². The Morgan fingerprint density at radius 1 is 0.815 bits per heavy atom. The number of amides is 2. The molecule has 2 aromatic carbocycles. The molecule has 0 spiro atoms. The first-order chi connectivity index (χ1) is 13.1. The van der Waals surface area contributed by atoms with Gasteiger partial charge < -0.3 is 9.80 Å². The van der Waals surface area contributed by atoms with Crippen molar-refractivity contribution in [1.82, 2.24) is 9.80 Å². The molecule has 2 atom stereocenters. The van der Waals surface area contributed by atoms with Gasteiger partial charge in [0.2, 0.25) is 11.8 Å². The van der Waals surface area contributed by atoms with Gasteiger partial charge in [-0.1, -0.05) is 67.6 Å². The van der Waals surface area contributed by atoms with Gasteiger partial charge in [-0.2, -0.15) is 0 Å². The lowest BCUT2D eigenvalue weighted by Gasteiger charge is -2.37. The van der Waals surface area contributed by atoms with Crippen LogP contribution in [-0.4, -0.2) is 47.8 Å². The van der Waals surface area contributed by atoms with Crippen molar-refractivity contribution in [1.29, 1.82) is 0 Å². The number of nitrogens with zero attached hydrogens (tertiary/aromatic N) is 2. The van der Waals surface area contributed by atoms with E-state index in [1.165, 1.54) is 0 Å². The van der Waals surface area contributed by atoms with Crippen LogP contribution in [-0.2, 0) is 9.59 Å². The highest BCUT2D eigenvalue weighted by atomic mass is 16.2. The predicted octanol–water partition coefficient (Wildman–Crippen LogP) is 3.15. The summed E-state index contributed by atoms with van der Waals surface area (Å²) in [4.78, 5) is 29.7. The molecule has 0 aromatic heterocycles. The van der Waals surface area contributed by atoms with Crippen LogP contribution in [0.2, 0.25) is 0 Å². The van der Waals surface area contributed by atoms with Crippen molar-refractivity contribution in [3.8, 4) is 0 Å². The molecule has 2 amide bonds. The summed E-state index contributed by atoms with van der Waals surface area (Å²) in [6.07, 6.45) is 1.02. The molecule has 1 heterocycles. The van der Waals surface area contributed by atoms with Crippen LogP contribution in [0, 0.1) is 11.8 Å². The smallest absolute Gasteiger partial charge is 0.234 e. The monoisotopic (exact) mass is 362 g/mol. The minimum Gasteiger partial charge on any atom is -0.339 e. The molecule has 27 heavy (non-hydrogen) atoms. The number of hydrogen-bond donors (Lipinski definition) is 0. The maximum absolute atomic E-state index is 13.4. The Hall–Kier alpha value is -2.62. The quantitative estimate of drug-likeness (QED) is 0.838. The Morgan fingerprint density at radius 3 is 1.70 bits per heavy atom. The van der Waals surface area contributed by atoms with Crippen molar-refractivity contribution in [2.24, 2.45) is 11.8 Å². The van der Waals surface area contributed by atoms with Crippen LogP contribution in [0.25, 0.3) is 0 Å². The lowest BCUT2D eigenvalue weighted by atomic mass is 9.90. The minimum absolute atomic E-state index is 0.124. The largest absolute Gasteiger partial charge is 0.339 e. The number of piperazine rings is 1. The normalized spacial score (nSPS) is 22.0. The first-order valence-corrected chi connectivity index (χ1v) is 9.82. The third-order valence-corrected chi connectivity index (χ3v) is 5.84. The summed E-state index contributed by atoms with van der Waals surface area (Å²) < 4.78 is 0. The third kappa shape index (κ3) is 3.75. The highest BCUT2D eigenvalue weighted by Crippen LogP contribution is 2.39. The van der Waals surface area contributed by atoms with Crippen molar-refractivity contribution in [2.75, 3.05) is 26.2 Å². The van der Waals surface area contributed by atoms with Gasteiger partial charge in [-0.25, -0.2) is 0 Å². The second-order valence-corrected chi connectivity index (χ2v) is 7.72. The Bertz CT molecular complexity index is 758. The molecule has 2 fully saturated rings. The summed E-state index contributed by atoms with van der Waals surface area (Å²) in [7, 11) is 0. The van der Waals surface area contributed by atoms with Crippen LogP contribution in [0.1, 0.15) is 30.4 Å². The molecular formula is C23H26N2O2. The van der Waals surface area contributed by atoms with E-state index in [-0.39, 0.29) is 23.7 Å². The zero-order valence-electron chi connectivity index (χ0n) is 15.8. The number of carbonyl (C=O) groups excluding carboxylic acids is 2. The summed E-state index contributed by atoms with van der Waals surface area (Å²) in [5.41, 5.74) is 2.03. The molecule has 4 rings (SSSR count). The molecule has 1 aliphatic carbocycles. The topological polar surface area (TPSA) is 40.6 Å². The van der Waals surface area contributed by atoms with E-state index in [0.717, 1.165) is 17.5 Å². The van der Waals surface area contributed by atoms with Gasteiger partial charge in [-0.15, -0.1) is 0 Å². The molecule has 4 heteroatoms. The van der Waals surface area contributed by atoms with Gasteiger partial charge in [0.05, 0.1) is 5.92 Å². The Labute approximate surface area is 160 Å². The molecule has 1 saturated heterocycles. The van der Waals surface area contributed by atoms with Gasteiger partial charge >= 0.3 is 0 Å². The lowest BCUT2D eigenvalue weighted by molar-refractivity contribution is -0.140. The van der Waals surface area contributed by atoms with Crippen molar-refractivity contribution in [3.63, 3.8) is 0 Å². The molecule has 1 saturated carbocycles. The fraction of sp³-hybridized carbons (Fsp3) is 0.391. The number of rotatable bonds is 4. The maximum Gasteiger partial charge on any atom is 0.234 e. The van der Waals surface area contributed by atoms with Gasteiger partial charge in [-0.3, -0.25) is 9.59 Å². The molecule has 0 N–H and O–H groups in total. The number of benzene rings is 2. The summed E-state index contributed by atoms with van der Waals surface area (Å²) >= 11 is 0. The number of hydrogen-bond acceptors (Lipinski definition) is 2. The summed E-state index contributed by atoms with van der Waals surface area (Å²) in [5.74, 6) is 0.848. The molecule has 0 unspecified atom stereocenters. The van der Waals surface area contributed by atoms with Crippen molar-refractivity contribution in [2.45, 2.75) is 19.3 Å². The Kier molecular flexibility index (Phi) is 4.97. The van der Waals surface area contributed by atoms with Crippen molar-refractivity contribution < 1.29 is 9.59 Å². The van der Waals surface area contributed by atoms with Gasteiger partial charge in [0, 0.05) is 32.1 Å². The Morgan fingerprint density at radius 2 is 1.26 bits per heavy atom. The van der Waals surface area contributed by atoms with Crippen LogP contribution in [0.5, 0.6) is 0 Å². The zero-order chi connectivity index (χ0) is 18.8. The second-order valence-electron chi connectivity index (χ2n) is 7.72. The molecule has 0 bridgehead atoms. The van der Waals surface area contributed by atoms with Crippen molar-refractivity contribution >= 4 is 11.8 Å². The summed E-state index contributed by atoms with van der Waals surface area (Å²) in [5, 5.41) is 0. The molecule has 2 aliphatic rings. The van der Waals surface area contributed by atoms with Gasteiger partial charge in [0.15, 0.2) is 0 Å². The first-order valence-electron chi connectivity index (χ1n) is 9.82. The maximum atomic E-state index is 13.4. The van der Waals surface area contributed by atoms with E-state index in [2.05, 4.69) is 6.92 Å². The van der Waals surface area contributed by atoms with Gasteiger partial charge in [0.25, 0.3) is 0 Å². The Balaban J connectivity index is 1.49. The first kappa shape index (κ1) is 17.8. The standard InChI is InChI=1S/C23H26N2O2/c1-17-16-20(17)22(26)24-12-14-25(15-13-24)23(27)21(18-8-4-2-5-9-18)19-10-6-3-7-11-19/h2-11,17,20-21H,12-16H2,1H3/t17-,20-/m1/s1. The third-order valence-electron chi connectivity index (χ3n) is 5.84. The van der Waals surface area contributed by atoms with E-state index in [9.17, 15) is 9.59 Å². The van der Waals surface area contributed by atoms with Crippen LogP contribution in [0.15, 0.2) is 60.7 Å². The van der Waals surface area contributed by atoms with E-state index >= 15 is 0 Å². The van der Waals surface area contributed by atoms with E-state index in [4.69, 9.17) is 0 Å². The zero-order valence-corrected chi connectivity index (χ0v) is 15.8. The summed E-state index contributed by atoms with van der Waals surface area (Å²) in [6, 6.07) is 19.9. The fourth-order valence-electron chi connectivity index (χ4n) is 4.00. The van der Waals surface area contributed by atoms with Crippen LogP contribution in [0.3, 0.4) is 0 Å². The second kappa shape index (κ2) is 7.55. The average molecular weight is 362 g/mol. The molecule has 140 valence electrons. The highest BCUT2D eigenvalue weighted by molar-refractivity contribution is 5.88. The average Bonchev–Trinajstić information content (AvgIpc) is 3.46. The fourth-order valence-corrected chi connectivity index (χ4v) is 4.00. The van der Waals surface area contributed by atoms with Crippen LogP contribution >= 0.6 is 0 Å². The summed E-state index contributed by atoms with van der Waals surface area (Å²) in [6.45, 7) is 4.64. The van der Waals surface area contributed by atoms with Gasteiger partial charge in [0.1, 0.15) is 0 Å². The minimum atomic E-state index is -0.293. The molecule has 1 aliphatic heterocycles. The van der Waals surface area contributed by atoms with Crippen LogP contribution in [0.4, 0.5) is 0 Å². The number of carbonyl (C=O) groups is 2. The molecule has 0 radical (unpaired) electrons. The van der Waals surface area contributed by atoms with Gasteiger partial charge in [-0.05, 0) is 23.5 Å². The van der Waals surface area contributed by atoms with E-state index in [1.54, 1.807) is 0 Å². The van der Waals surface area contributed by atoms with E-state index in [1.807, 2.05) is 70.5 Å². The van der Waals surface area contributed by atoms with Crippen LogP contribution < -0.4 is 0 Å². The van der Waals surface area contributed by atoms with E-state index < -0.39 is 0 Å².